The van der Waals surface area contributed by atoms with Crippen molar-refractivity contribution >= 4 is 19.7 Å². The Bertz CT molecular complexity index is 514. The van der Waals surface area contributed by atoms with E-state index in [9.17, 15) is 12.8 Å². The first-order chi connectivity index (χ1) is 7.47. The average molecular weight is 267 g/mol. The molecule has 0 saturated heterocycles. The topological polar surface area (TPSA) is 52.6 Å². The van der Waals surface area contributed by atoms with Crippen LogP contribution in [0, 0.1) is 5.82 Å². The molecule has 0 radical (unpaired) electrons. The van der Waals surface area contributed by atoms with Gasteiger partial charge < -0.3 is 9.47 Å². The van der Waals surface area contributed by atoms with E-state index in [1.165, 1.54) is 12.1 Å². The molecule has 4 nitrogen and oxygen atoms in total. The molecule has 0 bridgehead atoms. The number of rotatable bonds is 3. The summed E-state index contributed by atoms with van der Waals surface area (Å²) in [6.07, 6.45) is -0.0375. The van der Waals surface area contributed by atoms with Crippen molar-refractivity contribution in [3.8, 4) is 11.5 Å². The van der Waals surface area contributed by atoms with Gasteiger partial charge in [-0.05, 0) is 18.6 Å². The molecule has 2 rings (SSSR count). The fourth-order valence-electron chi connectivity index (χ4n) is 1.46. The van der Waals surface area contributed by atoms with E-state index in [4.69, 9.17) is 20.2 Å². The van der Waals surface area contributed by atoms with Crippen molar-refractivity contribution in [1.82, 2.24) is 0 Å². The van der Waals surface area contributed by atoms with Crippen molar-refractivity contribution in [1.29, 1.82) is 0 Å². The Balaban J connectivity index is 2.30. The summed E-state index contributed by atoms with van der Waals surface area (Å²) in [6, 6.07) is 2.65. The van der Waals surface area contributed by atoms with Crippen LogP contribution in [0.5, 0.6) is 11.5 Å². The van der Waals surface area contributed by atoms with Gasteiger partial charge in [0.05, 0.1) is 5.75 Å². The molecule has 0 N–H and O–H groups in total. The van der Waals surface area contributed by atoms with Crippen molar-refractivity contribution in [2.75, 3.05) is 12.5 Å². The molecule has 1 aliphatic rings. The van der Waals surface area contributed by atoms with Gasteiger partial charge in [0.15, 0.2) is 11.5 Å². The predicted molar refractivity (Wildman–Crippen MR) is 55.9 cm³/mol. The van der Waals surface area contributed by atoms with E-state index in [0.29, 0.717) is 5.75 Å². The lowest BCUT2D eigenvalue weighted by Gasteiger charge is -2.05. The molecule has 0 atom stereocenters. The van der Waals surface area contributed by atoms with E-state index in [1.54, 1.807) is 0 Å². The zero-order valence-electron chi connectivity index (χ0n) is 8.07. The second kappa shape index (κ2) is 4.10. The third-order valence-electron chi connectivity index (χ3n) is 2.18. The molecular formula is C9H8ClFO4S. The maximum absolute atomic E-state index is 13.4. The monoisotopic (exact) mass is 266 g/mol. The molecule has 0 amide bonds. The van der Waals surface area contributed by atoms with Gasteiger partial charge in [-0.3, -0.25) is 0 Å². The summed E-state index contributed by atoms with van der Waals surface area (Å²) < 4.78 is 45.2. The minimum absolute atomic E-state index is 0.0133. The van der Waals surface area contributed by atoms with Gasteiger partial charge in [0.25, 0.3) is 0 Å². The van der Waals surface area contributed by atoms with Gasteiger partial charge in [0, 0.05) is 16.2 Å². The van der Waals surface area contributed by atoms with Crippen molar-refractivity contribution in [2.24, 2.45) is 0 Å². The van der Waals surface area contributed by atoms with Crippen LogP contribution in [0.2, 0.25) is 0 Å². The average Bonchev–Trinajstić information content (AvgIpc) is 2.62. The normalized spacial score (nSPS) is 14.1. The van der Waals surface area contributed by atoms with Gasteiger partial charge in [-0.25, -0.2) is 12.8 Å². The predicted octanol–water partition coefficient (Wildman–Crippen LogP) is 1.67. The Labute approximate surface area is 96.3 Å². The third kappa shape index (κ3) is 2.38. The zero-order valence-corrected chi connectivity index (χ0v) is 9.65. The van der Waals surface area contributed by atoms with Gasteiger partial charge in [-0.2, -0.15) is 0 Å². The van der Waals surface area contributed by atoms with Crippen LogP contribution in [0.15, 0.2) is 12.1 Å². The van der Waals surface area contributed by atoms with Crippen LogP contribution in [0.25, 0.3) is 0 Å². The summed E-state index contributed by atoms with van der Waals surface area (Å²) in [4.78, 5) is 0. The van der Waals surface area contributed by atoms with E-state index in [0.717, 1.165) is 0 Å². The largest absolute Gasteiger partial charge is 0.454 e. The van der Waals surface area contributed by atoms with Crippen LogP contribution >= 0.6 is 10.7 Å². The fourth-order valence-corrected chi connectivity index (χ4v) is 2.14. The number of hydrogen-bond acceptors (Lipinski definition) is 4. The van der Waals surface area contributed by atoms with E-state index < -0.39 is 14.9 Å². The minimum Gasteiger partial charge on any atom is -0.454 e. The van der Waals surface area contributed by atoms with Crippen LogP contribution in [-0.4, -0.2) is 21.0 Å². The summed E-state index contributed by atoms with van der Waals surface area (Å²) in [7, 11) is 1.42. The summed E-state index contributed by atoms with van der Waals surface area (Å²) in [5.74, 6) is -0.182. The second-order valence-corrected chi connectivity index (χ2v) is 6.15. The Morgan fingerprint density at radius 1 is 1.38 bits per heavy atom. The quantitative estimate of drug-likeness (QED) is 0.781. The van der Waals surface area contributed by atoms with E-state index in [1.807, 2.05) is 0 Å². The lowest BCUT2D eigenvalue weighted by molar-refractivity contribution is 0.173. The van der Waals surface area contributed by atoms with E-state index in [-0.39, 0.29) is 30.3 Å². The number of benzene rings is 1. The molecule has 0 fully saturated rings. The molecule has 88 valence electrons. The Morgan fingerprint density at radius 3 is 2.81 bits per heavy atom. The van der Waals surface area contributed by atoms with Crippen LogP contribution in [0.3, 0.4) is 0 Å². The van der Waals surface area contributed by atoms with E-state index in [2.05, 4.69) is 0 Å². The lowest BCUT2D eigenvalue weighted by atomic mass is 10.1. The molecule has 0 unspecified atom stereocenters. The van der Waals surface area contributed by atoms with E-state index >= 15 is 0 Å². The molecule has 1 heterocycles. The maximum Gasteiger partial charge on any atom is 0.232 e. The van der Waals surface area contributed by atoms with Crippen LogP contribution < -0.4 is 9.47 Å². The van der Waals surface area contributed by atoms with Gasteiger partial charge in [0.1, 0.15) is 5.82 Å². The van der Waals surface area contributed by atoms with Crippen molar-refractivity contribution < 1.29 is 22.3 Å². The van der Waals surface area contributed by atoms with Crippen LogP contribution in [0.1, 0.15) is 5.56 Å². The first-order valence-electron chi connectivity index (χ1n) is 4.47. The summed E-state index contributed by atoms with van der Waals surface area (Å²) in [5, 5.41) is 0. The summed E-state index contributed by atoms with van der Waals surface area (Å²) >= 11 is 0. The van der Waals surface area contributed by atoms with Gasteiger partial charge in [-0.1, -0.05) is 0 Å². The molecule has 1 aromatic carbocycles. The third-order valence-corrected chi connectivity index (χ3v) is 3.34. The molecule has 0 aromatic heterocycles. The number of ether oxygens (including phenoxy) is 2. The molecule has 1 aliphatic heterocycles. The molecule has 0 saturated carbocycles. The number of halogens is 2. The minimum atomic E-state index is -3.65. The van der Waals surface area contributed by atoms with Gasteiger partial charge >= 0.3 is 0 Å². The molecule has 0 aliphatic carbocycles. The van der Waals surface area contributed by atoms with Crippen molar-refractivity contribution in [3.63, 3.8) is 0 Å². The van der Waals surface area contributed by atoms with Gasteiger partial charge in [-0.15, -0.1) is 0 Å². The van der Waals surface area contributed by atoms with Crippen molar-refractivity contribution in [2.45, 2.75) is 6.42 Å². The fraction of sp³-hybridized carbons (Fsp3) is 0.333. The highest BCUT2D eigenvalue weighted by Gasteiger charge is 2.22. The Morgan fingerprint density at radius 2 is 2.12 bits per heavy atom. The number of hydrogen-bond donors (Lipinski definition) is 0. The summed E-state index contributed by atoms with van der Waals surface area (Å²) in [6.45, 7) is 0.0133. The van der Waals surface area contributed by atoms with Gasteiger partial charge in [0.2, 0.25) is 15.8 Å². The first kappa shape index (κ1) is 11.5. The molecule has 0 spiro atoms. The Kier molecular flexibility index (Phi) is 2.94. The highest BCUT2D eigenvalue weighted by Crippen LogP contribution is 2.37. The molecule has 16 heavy (non-hydrogen) atoms. The number of fused-ring (bicyclic) bond motifs is 1. The highest BCUT2D eigenvalue weighted by atomic mass is 35.7. The maximum atomic E-state index is 13.4. The standard InChI is InChI=1S/C9H8ClFO4S/c10-16(12,13)4-3-6-7(11)1-2-8-9(6)15-5-14-8/h1-2H,3-5H2. The smallest absolute Gasteiger partial charge is 0.232 e. The molecule has 7 heteroatoms. The first-order valence-corrected chi connectivity index (χ1v) is 6.94. The zero-order chi connectivity index (χ0) is 11.8. The second-order valence-electron chi connectivity index (χ2n) is 3.25. The Hall–Kier alpha value is -1.01. The highest BCUT2D eigenvalue weighted by molar-refractivity contribution is 8.13. The summed E-state index contributed by atoms with van der Waals surface area (Å²) in [5.41, 5.74) is 0.180. The van der Waals surface area contributed by atoms with Crippen molar-refractivity contribution in [3.05, 3.63) is 23.5 Å². The SMILES string of the molecule is O=S(=O)(Cl)CCc1c(F)ccc2c1OCO2. The van der Waals surface area contributed by atoms with Crippen LogP contribution in [0.4, 0.5) is 4.39 Å². The van der Waals surface area contributed by atoms with Crippen LogP contribution in [-0.2, 0) is 15.5 Å². The lowest BCUT2D eigenvalue weighted by Crippen LogP contribution is -2.04. The molecule has 1 aromatic rings. The molecular weight excluding hydrogens is 259 g/mol.